The Balaban J connectivity index is 2.46. The molecule has 6 nitrogen and oxygen atoms in total. The molecule has 2 aliphatic heterocycles. The highest BCUT2D eigenvalue weighted by Crippen LogP contribution is 2.13. The number of guanidine groups is 1. The van der Waals surface area contributed by atoms with Crippen molar-refractivity contribution in [1.82, 2.24) is 0 Å². The van der Waals surface area contributed by atoms with Crippen LogP contribution in [0.5, 0.6) is 0 Å². The molecule has 0 aliphatic carbocycles. The van der Waals surface area contributed by atoms with Gasteiger partial charge in [-0.3, -0.25) is 0 Å². The number of fused-ring (bicyclic) bond motifs is 1. The summed E-state index contributed by atoms with van der Waals surface area (Å²) in [4.78, 5) is 15.7. The zero-order valence-electron chi connectivity index (χ0n) is 5.90. The van der Waals surface area contributed by atoms with Crippen molar-refractivity contribution >= 4 is 38.3 Å². The number of amidine groups is 3. The van der Waals surface area contributed by atoms with E-state index in [1.165, 1.54) is 0 Å². The summed E-state index contributed by atoms with van der Waals surface area (Å²) in [6.07, 6.45) is 0. The number of rotatable bonds is 0. The highest BCUT2D eigenvalue weighted by molar-refractivity contribution is 9.18. The molecular weight excluding hydrogens is 224 g/mol. The Morgan fingerprint density at radius 1 is 1.17 bits per heavy atom. The number of halogens is 1. The van der Waals surface area contributed by atoms with Crippen molar-refractivity contribution in [2.75, 3.05) is 0 Å². The molecule has 0 saturated heterocycles. The van der Waals surface area contributed by atoms with Gasteiger partial charge in [0.2, 0.25) is 5.96 Å². The van der Waals surface area contributed by atoms with Gasteiger partial charge in [0, 0.05) is 0 Å². The molecule has 2 aliphatic rings. The van der Waals surface area contributed by atoms with Crippen molar-refractivity contribution in [3.63, 3.8) is 0 Å². The van der Waals surface area contributed by atoms with Crippen molar-refractivity contribution in [3.8, 4) is 0 Å². The molecule has 0 fully saturated rings. The van der Waals surface area contributed by atoms with Crippen molar-refractivity contribution in [2.24, 2.45) is 31.4 Å². The number of nitrogens with zero attached hydrogens (tertiary/aromatic N) is 4. The highest BCUT2D eigenvalue weighted by atomic mass is 79.9. The Kier molecular flexibility index (Phi) is 1.47. The van der Waals surface area contributed by atoms with Crippen LogP contribution in [0.1, 0.15) is 0 Å². The van der Waals surface area contributed by atoms with Crippen LogP contribution < -0.4 is 11.5 Å². The summed E-state index contributed by atoms with van der Waals surface area (Å²) < 4.78 is 0.471. The maximum Gasteiger partial charge on any atom is 0.223 e. The molecule has 0 radical (unpaired) electrons. The maximum atomic E-state index is 5.55. The minimum absolute atomic E-state index is 0.125. The quantitative estimate of drug-likeness (QED) is 0.531. The molecule has 0 saturated carbocycles. The van der Waals surface area contributed by atoms with E-state index in [2.05, 4.69) is 35.9 Å². The highest BCUT2D eigenvalue weighted by Gasteiger charge is 2.28. The van der Waals surface area contributed by atoms with E-state index in [4.69, 9.17) is 11.5 Å². The van der Waals surface area contributed by atoms with Gasteiger partial charge in [0.05, 0.1) is 0 Å². The van der Waals surface area contributed by atoms with E-state index >= 15 is 0 Å². The third kappa shape index (κ3) is 1.02. The molecule has 0 spiro atoms. The van der Waals surface area contributed by atoms with Crippen LogP contribution in [-0.2, 0) is 0 Å². The van der Waals surface area contributed by atoms with E-state index in [1.54, 1.807) is 0 Å². The first-order valence-electron chi connectivity index (χ1n) is 3.17. The van der Waals surface area contributed by atoms with Gasteiger partial charge in [-0.1, -0.05) is 0 Å². The summed E-state index contributed by atoms with van der Waals surface area (Å²) in [5.74, 6) is 0.947. The predicted octanol–water partition coefficient (Wildman–Crippen LogP) is -0.796. The van der Waals surface area contributed by atoms with Crippen LogP contribution in [-0.4, -0.2) is 28.4 Å². The van der Waals surface area contributed by atoms with Crippen LogP contribution >= 0.6 is 15.9 Å². The van der Waals surface area contributed by atoms with Crippen LogP contribution in [0.15, 0.2) is 20.0 Å². The average Bonchev–Trinajstić information content (AvgIpc) is 2.29. The lowest BCUT2D eigenvalue weighted by Gasteiger charge is -2.10. The molecule has 0 aromatic heterocycles. The van der Waals surface area contributed by atoms with E-state index in [0.717, 1.165) is 0 Å². The Morgan fingerprint density at radius 2 is 1.92 bits per heavy atom. The summed E-state index contributed by atoms with van der Waals surface area (Å²) in [6.45, 7) is 0. The number of hydrogen-bond donors (Lipinski definition) is 2. The smallest absolute Gasteiger partial charge is 0.223 e. The molecule has 12 heavy (non-hydrogen) atoms. The average molecular weight is 229 g/mol. The second-order valence-corrected chi connectivity index (χ2v) is 2.99. The van der Waals surface area contributed by atoms with Crippen LogP contribution in [0.4, 0.5) is 0 Å². The molecule has 0 bridgehead atoms. The van der Waals surface area contributed by atoms with Gasteiger partial charge in [-0.25, -0.2) is 9.98 Å². The van der Waals surface area contributed by atoms with Crippen molar-refractivity contribution < 1.29 is 0 Å². The van der Waals surface area contributed by atoms with E-state index in [0.29, 0.717) is 16.4 Å². The van der Waals surface area contributed by atoms with E-state index < -0.39 is 0 Å². The molecule has 7 heteroatoms. The van der Waals surface area contributed by atoms with E-state index in [-0.39, 0.29) is 12.0 Å². The summed E-state index contributed by atoms with van der Waals surface area (Å²) in [6, 6.07) is -0.355. The summed E-state index contributed by atoms with van der Waals surface area (Å²) >= 11 is 3.12. The standard InChI is InChI=1S/C5H5BrN6/c6-4-9-1-2(7)10-5(8)12-3(1)11-4/h1H,(H4,7,8,9,10,11,12). The second kappa shape index (κ2) is 2.37. The van der Waals surface area contributed by atoms with E-state index in [1.807, 2.05) is 0 Å². The molecular formula is C5H5BrN6. The SMILES string of the molecule is NC1=NC2=NC(Br)=NC2C(N)=N1. The van der Waals surface area contributed by atoms with Crippen LogP contribution in [0.3, 0.4) is 0 Å². The molecule has 0 aromatic carbocycles. The fourth-order valence-electron chi connectivity index (χ4n) is 0.969. The van der Waals surface area contributed by atoms with Gasteiger partial charge in [-0.2, -0.15) is 9.98 Å². The fraction of sp³-hybridized carbons (Fsp3) is 0.200. The molecule has 2 rings (SSSR count). The molecule has 1 atom stereocenters. The Labute approximate surface area is 76.3 Å². The summed E-state index contributed by atoms with van der Waals surface area (Å²) in [5, 5.41) is 0. The first-order valence-corrected chi connectivity index (χ1v) is 3.96. The maximum absolute atomic E-state index is 5.55. The van der Waals surface area contributed by atoms with Gasteiger partial charge in [0.25, 0.3) is 0 Å². The number of aliphatic imine (C=N–C) groups is 4. The largest absolute Gasteiger partial charge is 0.385 e. The second-order valence-electron chi connectivity index (χ2n) is 2.28. The van der Waals surface area contributed by atoms with Crippen molar-refractivity contribution in [3.05, 3.63) is 0 Å². The third-order valence-corrected chi connectivity index (χ3v) is 1.82. The molecule has 1 unspecified atom stereocenters. The predicted molar refractivity (Wildman–Crippen MR) is 50.8 cm³/mol. The monoisotopic (exact) mass is 228 g/mol. The lowest BCUT2D eigenvalue weighted by molar-refractivity contribution is 1.11. The Morgan fingerprint density at radius 3 is 2.67 bits per heavy atom. The number of nitrogens with two attached hydrogens (primary N) is 2. The summed E-state index contributed by atoms with van der Waals surface area (Å²) in [5.41, 5.74) is 10.9. The van der Waals surface area contributed by atoms with Gasteiger partial charge in [0.15, 0.2) is 16.6 Å². The zero-order valence-corrected chi connectivity index (χ0v) is 7.48. The minimum atomic E-state index is -0.355. The molecule has 0 aromatic rings. The molecule has 62 valence electrons. The van der Waals surface area contributed by atoms with Gasteiger partial charge in [0.1, 0.15) is 5.84 Å². The fourth-order valence-corrected chi connectivity index (χ4v) is 1.36. The first-order chi connectivity index (χ1) is 5.66. The van der Waals surface area contributed by atoms with Crippen molar-refractivity contribution in [1.29, 1.82) is 0 Å². The third-order valence-electron chi connectivity index (χ3n) is 1.44. The van der Waals surface area contributed by atoms with Gasteiger partial charge >= 0.3 is 0 Å². The van der Waals surface area contributed by atoms with Gasteiger partial charge in [-0.05, 0) is 15.9 Å². The van der Waals surface area contributed by atoms with Crippen LogP contribution in [0, 0.1) is 0 Å². The normalized spacial score (nSPS) is 26.9. The molecule has 0 amide bonds. The van der Waals surface area contributed by atoms with Crippen LogP contribution in [0.25, 0.3) is 0 Å². The lowest BCUT2D eigenvalue weighted by Crippen LogP contribution is -2.38. The number of hydrogen-bond acceptors (Lipinski definition) is 6. The van der Waals surface area contributed by atoms with Crippen molar-refractivity contribution in [2.45, 2.75) is 6.04 Å². The topological polar surface area (TPSA) is 101 Å². The van der Waals surface area contributed by atoms with Gasteiger partial charge in [-0.15, -0.1) is 0 Å². The zero-order chi connectivity index (χ0) is 8.72. The van der Waals surface area contributed by atoms with Gasteiger partial charge < -0.3 is 11.5 Å². The van der Waals surface area contributed by atoms with E-state index in [9.17, 15) is 0 Å². The molecule has 4 N–H and O–H groups in total. The Hall–Kier alpha value is -1.24. The lowest BCUT2D eigenvalue weighted by atomic mass is 10.2. The minimum Gasteiger partial charge on any atom is -0.385 e. The Bertz CT molecular complexity index is 348. The summed E-state index contributed by atoms with van der Waals surface area (Å²) in [7, 11) is 0. The molecule has 2 heterocycles. The first kappa shape index (κ1) is 7.41. The van der Waals surface area contributed by atoms with Crippen LogP contribution in [0.2, 0.25) is 0 Å².